The molecule has 7 heteroatoms. The van der Waals surface area contributed by atoms with Gasteiger partial charge >= 0.3 is 0 Å². The van der Waals surface area contributed by atoms with Gasteiger partial charge in [0.05, 0.1) is 11.4 Å². The first kappa shape index (κ1) is 24.2. The van der Waals surface area contributed by atoms with Gasteiger partial charge in [-0.3, -0.25) is 9.59 Å². The van der Waals surface area contributed by atoms with Crippen LogP contribution in [0.2, 0.25) is 5.02 Å². The van der Waals surface area contributed by atoms with Crippen LogP contribution in [-0.4, -0.2) is 28.1 Å². The van der Waals surface area contributed by atoms with Crippen molar-refractivity contribution in [2.75, 3.05) is 11.9 Å². The molecule has 178 valence electrons. The summed E-state index contributed by atoms with van der Waals surface area (Å²) in [6, 6.07) is 27.0. The number of nitrogens with zero attached hydrogens (tertiary/aromatic N) is 2. The van der Waals surface area contributed by atoms with Gasteiger partial charge in [-0.15, -0.1) is 0 Å². The quantitative estimate of drug-likeness (QED) is 0.324. The lowest BCUT2D eigenvalue weighted by atomic mass is 10.1. The van der Waals surface area contributed by atoms with Crippen molar-refractivity contribution in [3.8, 4) is 16.8 Å². The summed E-state index contributed by atoms with van der Waals surface area (Å²) in [5.41, 5.74) is 4.49. The summed E-state index contributed by atoms with van der Waals surface area (Å²) < 4.78 is 1.70. The molecular weight excluding hydrogens is 460 g/mol. The fourth-order valence-electron chi connectivity index (χ4n) is 3.86. The highest BCUT2D eigenvalue weighted by Gasteiger charge is 2.20. The largest absolute Gasteiger partial charge is 0.356 e. The van der Waals surface area contributed by atoms with E-state index < -0.39 is 0 Å². The van der Waals surface area contributed by atoms with E-state index in [1.807, 2.05) is 79.7 Å². The van der Waals surface area contributed by atoms with Gasteiger partial charge in [0.15, 0.2) is 0 Å². The summed E-state index contributed by atoms with van der Waals surface area (Å²) in [7, 11) is 0. The van der Waals surface area contributed by atoms with Crippen LogP contribution < -0.4 is 10.6 Å². The van der Waals surface area contributed by atoms with Crippen LogP contribution in [0.15, 0.2) is 84.9 Å². The molecule has 6 nitrogen and oxygen atoms in total. The molecule has 0 fully saturated rings. The zero-order chi connectivity index (χ0) is 24.6. The van der Waals surface area contributed by atoms with E-state index in [0.29, 0.717) is 17.4 Å². The predicted molar refractivity (Wildman–Crippen MR) is 140 cm³/mol. The minimum atomic E-state index is -0.254. The standard InChI is InChI=1S/C28H27ClN4O2/c1-20-27(22-10-6-3-7-11-22)28(33(32-20)24-14-12-23(29)13-15-24)31-26(35)17-16-25(34)30-19-18-21-8-4-2-5-9-21/h2-15H,16-19H2,1H3,(H,30,34)(H,31,35). The molecule has 0 atom stereocenters. The number of hydrogen-bond acceptors (Lipinski definition) is 3. The molecule has 4 rings (SSSR count). The van der Waals surface area contributed by atoms with Crippen LogP contribution in [0.3, 0.4) is 0 Å². The Labute approximate surface area is 209 Å². The molecule has 2 amide bonds. The van der Waals surface area contributed by atoms with Gasteiger partial charge in [-0.05, 0) is 48.7 Å². The molecule has 0 saturated carbocycles. The van der Waals surface area contributed by atoms with Crippen LogP contribution in [0.4, 0.5) is 5.82 Å². The molecule has 35 heavy (non-hydrogen) atoms. The van der Waals surface area contributed by atoms with Crippen LogP contribution in [0.5, 0.6) is 0 Å². The molecule has 0 aliphatic heterocycles. The molecule has 0 aliphatic rings. The number of halogens is 1. The Morgan fingerprint density at radius 1 is 0.857 bits per heavy atom. The van der Waals surface area contributed by atoms with Crippen LogP contribution >= 0.6 is 11.6 Å². The average Bonchev–Trinajstić information content (AvgIpc) is 3.19. The van der Waals surface area contributed by atoms with Crippen molar-refractivity contribution in [1.82, 2.24) is 15.1 Å². The molecule has 0 aliphatic carbocycles. The third-order valence-corrected chi connectivity index (χ3v) is 5.86. The minimum Gasteiger partial charge on any atom is -0.356 e. The molecular formula is C28H27ClN4O2. The van der Waals surface area contributed by atoms with Crippen LogP contribution in [0.25, 0.3) is 16.8 Å². The van der Waals surface area contributed by atoms with Crippen molar-refractivity contribution < 1.29 is 9.59 Å². The van der Waals surface area contributed by atoms with Gasteiger partial charge in [0.1, 0.15) is 5.82 Å². The highest BCUT2D eigenvalue weighted by molar-refractivity contribution is 6.30. The van der Waals surface area contributed by atoms with E-state index in [0.717, 1.165) is 34.5 Å². The monoisotopic (exact) mass is 486 g/mol. The average molecular weight is 487 g/mol. The minimum absolute atomic E-state index is 0.0657. The zero-order valence-electron chi connectivity index (χ0n) is 19.5. The first-order valence-electron chi connectivity index (χ1n) is 11.5. The lowest BCUT2D eigenvalue weighted by molar-refractivity contribution is -0.124. The van der Waals surface area contributed by atoms with Crippen molar-refractivity contribution >= 4 is 29.2 Å². The number of benzene rings is 3. The van der Waals surface area contributed by atoms with Gasteiger partial charge in [0.25, 0.3) is 0 Å². The topological polar surface area (TPSA) is 76.0 Å². The zero-order valence-corrected chi connectivity index (χ0v) is 20.3. The first-order valence-corrected chi connectivity index (χ1v) is 11.9. The Hall–Kier alpha value is -3.90. The van der Waals surface area contributed by atoms with Gasteiger partial charge in [-0.25, -0.2) is 4.68 Å². The van der Waals surface area contributed by atoms with E-state index in [9.17, 15) is 9.59 Å². The van der Waals surface area contributed by atoms with E-state index in [4.69, 9.17) is 11.6 Å². The molecule has 4 aromatic rings. The highest BCUT2D eigenvalue weighted by atomic mass is 35.5. The number of hydrogen-bond donors (Lipinski definition) is 2. The molecule has 3 aromatic carbocycles. The molecule has 0 saturated heterocycles. The summed E-state index contributed by atoms with van der Waals surface area (Å²) in [6.07, 6.45) is 0.921. The van der Waals surface area contributed by atoms with Gasteiger partial charge in [-0.1, -0.05) is 72.3 Å². The van der Waals surface area contributed by atoms with Crippen molar-refractivity contribution in [1.29, 1.82) is 0 Å². The SMILES string of the molecule is Cc1nn(-c2ccc(Cl)cc2)c(NC(=O)CCC(=O)NCCc2ccccc2)c1-c1ccccc1. The maximum absolute atomic E-state index is 12.9. The van der Waals surface area contributed by atoms with Gasteiger partial charge < -0.3 is 10.6 Å². The molecule has 2 N–H and O–H groups in total. The fraction of sp³-hybridized carbons (Fsp3) is 0.179. The smallest absolute Gasteiger partial charge is 0.226 e. The number of rotatable bonds is 9. The normalized spacial score (nSPS) is 10.7. The number of carbonyl (C=O) groups excluding carboxylic acids is 2. The van der Waals surface area contributed by atoms with Crippen LogP contribution in [-0.2, 0) is 16.0 Å². The molecule has 0 bridgehead atoms. The second kappa shape index (κ2) is 11.5. The Balaban J connectivity index is 1.45. The fourth-order valence-corrected chi connectivity index (χ4v) is 3.99. The summed E-state index contributed by atoms with van der Waals surface area (Å²) in [6.45, 7) is 2.44. The summed E-state index contributed by atoms with van der Waals surface area (Å²) in [5, 5.41) is 11.2. The number of anilines is 1. The Kier molecular flexibility index (Phi) is 7.95. The molecule has 1 aromatic heterocycles. The highest BCUT2D eigenvalue weighted by Crippen LogP contribution is 2.33. The van der Waals surface area contributed by atoms with Gasteiger partial charge in [0.2, 0.25) is 11.8 Å². The number of carbonyl (C=O) groups is 2. The summed E-state index contributed by atoms with van der Waals surface area (Å²) in [5.74, 6) is 0.155. The second-order valence-corrected chi connectivity index (χ2v) is 8.63. The van der Waals surface area contributed by atoms with Gasteiger partial charge in [-0.2, -0.15) is 5.10 Å². The number of aryl methyl sites for hydroxylation is 1. The molecule has 0 spiro atoms. The third kappa shape index (κ3) is 6.37. The van der Waals surface area contributed by atoms with E-state index in [-0.39, 0.29) is 24.7 Å². The van der Waals surface area contributed by atoms with Gasteiger partial charge in [0, 0.05) is 30.0 Å². The van der Waals surface area contributed by atoms with Crippen molar-refractivity contribution in [2.45, 2.75) is 26.2 Å². The molecule has 0 unspecified atom stereocenters. The van der Waals surface area contributed by atoms with Crippen molar-refractivity contribution in [3.05, 3.63) is 101 Å². The summed E-state index contributed by atoms with van der Waals surface area (Å²) in [4.78, 5) is 25.2. The third-order valence-electron chi connectivity index (χ3n) is 5.61. The van der Waals surface area contributed by atoms with E-state index in [2.05, 4.69) is 15.7 Å². The second-order valence-electron chi connectivity index (χ2n) is 8.20. The van der Waals surface area contributed by atoms with Crippen molar-refractivity contribution in [3.63, 3.8) is 0 Å². The number of amides is 2. The van der Waals surface area contributed by atoms with Crippen LogP contribution in [0, 0.1) is 6.92 Å². The lowest BCUT2D eigenvalue weighted by Gasteiger charge is -2.12. The van der Waals surface area contributed by atoms with E-state index in [1.165, 1.54) is 0 Å². The molecule has 0 radical (unpaired) electrons. The Bertz CT molecular complexity index is 1290. The number of nitrogens with one attached hydrogen (secondary N) is 2. The number of aromatic nitrogens is 2. The van der Waals surface area contributed by atoms with Crippen molar-refractivity contribution in [2.24, 2.45) is 0 Å². The summed E-state index contributed by atoms with van der Waals surface area (Å²) >= 11 is 6.06. The Morgan fingerprint density at radius 3 is 2.17 bits per heavy atom. The Morgan fingerprint density at radius 2 is 1.49 bits per heavy atom. The maximum atomic E-state index is 12.9. The molecule has 1 heterocycles. The van der Waals surface area contributed by atoms with E-state index in [1.54, 1.807) is 16.8 Å². The maximum Gasteiger partial charge on any atom is 0.226 e. The van der Waals surface area contributed by atoms with E-state index >= 15 is 0 Å². The van der Waals surface area contributed by atoms with Crippen LogP contribution in [0.1, 0.15) is 24.1 Å². The first-order chi connectivity index (χ1) is 17.0. The predicted octanol–water partition coefficient (Wildman–Crippen LogP) is 5.58. The lowest BCUT2D eigenvalue weighted by Crippen LogP contribution is -2.27.